The summed E-state index contributed by atoms with van der Waals surface area (Å²) in [6, 6.07) is 3.90. The van der Waals surface area contributed by atoms with E-state index >= 15 is 0 Å². The maximum Gasteiger partial charge on any atom is 0.117 e. The van der Waals surface area contributed by atoms with Crippen LogP contribution in [0.15, 0.2) is 22.8 Å². The summed E-state index contributed by atoms with van der Waals surface area (Å²) >= 11 is 0. The molecule has 0 radical (unpaired) electrons. The van der Waals surface area contributed by atoms with E-state index in [2.05, 4.69) is 5.32 Å². The van der Waals surface area contributed by atoms with Gasteiger partial charge in [-0.3, -0.25) is 0 Å². The molecule has 0 amide bonds. The Morgan fingerprint density at radius 3 is 2.80 bits per heavy atom. The van der Waals surface area contributed by atoms with Gasteiger partial charge in [0.1, 0.15) is 5.76 Å². The first kappa shape index (κ1) is 10.7. The lowest BCUT2D eigenvalue weighted by Crippen LogP contribution is -2.49. The number of nitrogens with one attached hydrogen (secondary N) is 1. The smallest absolute Gasteiger partial charge is 0.117 e. The molecule has 1 heterocycles. The third kappa shape index (κ3) is 3.08. The highest BCUT2D eigenvalue weighted by Crippen LogP contribution is 2.25. The van der Waals surface area contributed by atoms with E-state index in [1.165, 1.54) is 19.3 Å². The Morgan fingerprint density at radius 2 is 2.13 bits per heavy atom. The van der Waals surface area contributed by atoms with Crippen LogP contribution in [0, 0.1) is 0 Å². The third-order valence-electron chi connectivity index (χ3n) is 3.21. The average molecular weight is 208 g/mol. The summed E-state index contributed by atoms with van der Waals surface area (Å²) in [5.41, 5.74) is 6.32. The number of rotatable bonds is 4. The summed E-state index contributed by atoms with van der Waals surface area (Å²) in [7, 11) is 0. The molecule has 1 aliphatic rings. The van der Waals surface area contributed by atoms with Crippen molar-refractivity contribution in [3.63, 3.8) is 0 Å². The minimum absolute atomic E-state index is 0.0187. The van der Waals surface area contributed by atoms with Crippen LogP contribution in [0.5, 0.6) is 0 Å². The van der Waals surface area contributed by atoms with E-state index in [1.807, 2.05) is 12.1 Å². The Labute approximate surface area is 91.0 Å². The fourth-order valence-corrected chi connectivity index (χ4v) is 2.28. The van der Waals surface area contributed by atoms with Crippen LogP contribution in [0.4, 0.5) is 0 Å². The van der Waals surface area contributed by atoms with E-state index < -0.39 is 0 Å². The van der Waals surface area contributed by atoms with Crippen LogP contribution in [0.25, 0.3) is 0 Å². The summed E-state index contributed by atoms with van der Waals surface area (Å²) in [4.78, 5) is 0. The first-order valence-corrected chi connectivity index (χ1v) is 5.81. The number of hydrogen-bond acceptors (Lipinski definition) is 3. The van der Waals surface area contributed by atoms with Gasteiger partial charge in [-0.15, -0.1) is 0 Å². The Hall–Kier alpha value is -0.800. The topological polar surface area (TPSA) is 51.2 Å². The van der Waals surface area contributed by atoms with E-state index in [0.29, 0.717) is 0 Å². The molecule has 1 aromatic heterocycles. The highest BCUT2D eigenvalue weighted by atomic mass is 16.3. The Morgan fingerprint density at radius 1 is 1.33 bits per heavy atom. The van der Waals surface area contributed by atoms with Gasteiger partial charge in [-0.05, 0) is 25.0 Å². The van der Waals surface area contributed by atoms with E-state index in [0.717, 1.165) is 31.7 Å². The zero-order chi connectivity index (χ0) is 10.6. The molecule has 0 saturated heterocycles. The Balaban J connectivity index is 1.72. The number of nitrogens with two attached hydrogens (primary N) is 1. The fraction of sp³-hybridized carbons (Fsp3) is 0.667. The normalized spacial score (nSPS) is 20.3. The van der Waals surface area contributed by atoms with E-state index in [4.69, 9.17) is 10.2 Å². The maximum atomic E-state index is 6.31. The lowest BCUT2D eigenvalue weighted by Gasteiger charge is -2.33. The standard InChI is InChI=1S/C12H20N2O/c13-12(6-2-1-3-7-12)10-14-9-11-5-4-8-15-11/h4-5,8,14H,1-3,6-7,9-10,13H2. The van der Waals surface area contributed by atoms with Crippen molar-refractivity contribution in [3.8, 4) is 0 Å². The molecule has 0 spiro atoms. The van der Waals surface area contributed by atoms with Gasteiger partial charge in [0.15, 0.2) is 0 Å². The van der Waals surface area contributed by atoms with Crippen LogP contribution in [-0.2, 0) is 6.54 Å². The van der Waals surface area contributed by atoms with Crippen LogP contribution in [0.1, 0.15) is 37.9 Å². The summed E-state index contributed by atoms with van der Waals surface area (Å²) in [5, 5.41) is 3.38. The molecule has 2 rings (SSSR count). The monoisotopic (exact) mass is 208 g/mol. The number of hydrogen-bond donors (Lipinski definition) is 2. The molecule has 0 unspecified atom stereocenters. The highest BCUT2D eigenvalue weighted by molar-refractivity contribution is 4.98. The van der Waals surface area contributed by atoms with Crippen LogP contribution >= 0.6 is 0 Å². The van der Waals surface area contributed by atoms with E-state index in [1.54, 1.807) is 6.26 Å². The predicted octanol–water partition coefficient (Wildman–Crippen LogP) is 2.03. The first-order chi connectivity index (χ1) is 7.29. The van der Waals surface area contributed by atoms with Gasteiger partial charge in [0.25, 0.3) is 0 Å². The summed E-state index contributed by atoms with van der Waals surface area (Å²) in [5.74, 6) is 0.981. The zero-order valence-electron chi connectivity index (χ0n) is 9.17. The molecule has 84 valence electrons. The SMILES string of the molecule is NC1(CNCc2ccco2)CCCCC1. The molecule has 3 nitrogen and oxygen atoms in total. The van der Waals surface area contributed by atoms with Gasteiger partial charge in [-0.2, -0.15) is 0 Å². The first-order valence-electron chi connectivity index (χ1n) is 5.81. The molecular weight excluding hydrogens is 188 g/mol. The molecule has 3 heteroatoms. The molecule has 1 fully saturated rings. The van der Waals surface area contributed by atoms with Gasteiger partial charge >= 0.3 is 0 Å². The van der Waals surface area contributed by atoms with Crippen LogP contribution < -0.4 is 11.1 Å². The van der Waals surface area contributed by atoms with E-state index in [-0.39, 0.29) is 5.54 Å². The van der Waals surface area contributed by atoms with Gasteiger partial charge in [-0.25, -0.2) is 0 Å². The van der Waals surface area contributed by atoms with Crippen molar-refractivity contribution >= 4 is 0 Å². The molecule has 1 aliphatic carbocycles. The molecule has 1 aromatic rings. The van der Waals surface area contributed by atoms with Crippen LogP contribution in [0.3, 0.4) is 0 Å². The Bertz CT molecular complexity index is 276. The maximum absolute atomic E-state index is 6.31. The van der Waals surface area contributed by atoms with Crippen molar-refractivity contribution in [1.82, 2.24) is 5.32 Å². The third-order valence-corrected chi connectivity index (χ3v) is 3.21. The van der Waals surface area contributed by atoms with E-state index in [9.17, 15) is 0 Å². The minimum Gasteiger partial charge on any atom is -0.468 e. The van der Waals surface area contributed by atoms with Gasteiger partial charge in [0, 0.05) is 12.1 Å². The molecule has 1 saturated carbocycles. The predicted molar refractivity (Wildman–Crippen MR) is 60.4 cm³/mol. The Kier molecular flexibility index (Phi) is 3.44. The summed E-state index contributed by atoms with van der Waals surface area (Å²) in [6.07, 6.45) is 7.90. The van der Waals surface area contributed by atoms with Gasteiger partial charge in [0.05, 0.1) is 12.8 Å². The lowest BCUT2D eigenvalue weighted by molar-refractivity contribution is 0.280. The van der Waals surface area contributed by atoms with Gasteiger partial charge < -0.3 is 15.5 Å². The largest absolute Gasteiger partial charge is 0.468 e. The van der Waals surface area contributed by atoms with Crippen molar-refractivity contribution in [3.05, 3.63) is 24.2 Å². The van der Waals surface area contributed by atoms with Gasteiger partial charge in [-0.1, -0.05) is 19.3 Å². The number of furan rings is 1. The molecular formula is C12H20N2O. The zero-order valence-corrected chi connectivity index (χ0v) is 9.17. The second-order valence-electron chi connectivity index (χ2n) is 4.61. The van der Waals surface area contributed by atoms with Crippen molar-refractivity contribution in [1.29, 1.82) is 0 Å². The summed E-state index contributed by atoms with van der Waals surface area (Å²) in [6.45, 7) is 1.68. The van der Waals surface area contributed by atoms with Gasteiger partial charge in [0.2, 0.25) is 0 Å². The molecule has 3 N–H and O–H groups in total. The second-order valence-corrected chi connectivity index (χ2v) is 4.61. The molecule has 0 aliphatic heterocycles. The molecule has 0 aromatic carbocycles. The second kappa shape index (κ2) is 4.81. The molecule has 0 bridgehead atoms. The highest BCUT2D eigenvalue weighted by Gasteiger charge is 2.26. The van der Waals surface area contributed by atoms with Crippen molar-refractivity contribution in [2.45, 2.75) is 44.2 Å². The quantitative estimate of drug-likeness (QED) is 0.796. The average Bonchev–Trinajstić information content (AvgIpc) is 2.71. The molecule has 0 atom stereocenters. The minimum atomic E-state index is 0.0187. The van der Waals surface area contributed by atoms with Crippen molar-refractivity contribution < 1.29 is 4.42 Å². The fourth-order valence-electron chi connectivity index (χ4n) is 2.28. The lowest BCUT2D eigenvalue weighted by atomic mass is 9.82. The van der Waals surface area contributed by atoms with Crippen molar-refractivity contribution in [2.24, 2.45) is 5.73 Å². The van der Waals surface area contributed by atoms with Crippen molar-refractivity contribution in [2.75, 3.05) is 6.54 Å². The van der Waals surface area contributed by atoms with Crippen LogP contribution in [-0.4, -0.2) is 12.1 Å². The summed E-state index contributed by atoms with van der Waals surface area (Å²) < 4.78 is 5.25. The molecule has 15 heavy (non-hydrogen) atoms. The van der Waals surface area contributed by atoms with Crippen LogP contribution in [0.2, 0.25) is 0 Å².